The number of sulfonamides is 1. The van der Waals surface area contributed by atoms with E-state index in [2.05, 4.69) is 26.0 Å². The van der Waals surface area contributed by atoms with Gasteiger partial charge in [0.25, 0.3) is 5.91 Å². The van der Waals surface area contributed by atoms with Crippen LogP contribution in [0.5, 0.6) is 0 Å². The van der Waals surface area contributed by atoms with Crippen molar-refractivity contribution in [2.75, 3.05) is 10.6 Å². The maximum absolute atomic E-state index is 12.0. The van der Waals surface area contributed by atoms with Crippen LogP contribution in [0.3, 0.4) is 0 Å². The van der Waals surface area contributed by atoms with Crippen molar-refractivity contribution in [2.45, 2.75) is 37.1 Å². The van der Waals surface area contributed by atoms with Gasteiger partial charge >= 0.3 is 0 Å². The van der Waals surface area contributed by atoms with Crippen LogP contribution in [0.1, 0.15) is 30.4 Å². The summed E-state index contributed by atoms with van der Waals surface area (Å²) in [7, 11) is -3.88. The number of carbonyl (C=O) groups is 2. The standard InChI is InChI=1S/C21H21N7O4S/c1-11-2-3-15(8-16(11)33(22,31)32)24-17-9-18(25-14-4-5-14)28-20(26-17)13(10-23-28)6-12-7-19(29)27-21(12)30/h2-3,6,8-10,14,25H,4-5,7H2,1H3,(H,24,26)(H2,22,31,32)(H,27,29,30)/b12-6+. The summed E-state index contributed by atoms with van der Waals surface area (Å²) >= 11 is 0. The van der Waals surface area contributed by atoms with Crippen molar-refractivity contribution in [1.29, 1.82) is 0 Å². The third-order valence-electron chi connectivity index (χ3n) is 5.42. The van der Waals surface area contributed by atoms with Crippen molar-refractivity contribution >= 4 is 50.9 Å². The van der Waals surface area contributed by atoms with E-state index in [1.165, 1.54) is 6.07 Å². The number of imide groups is 1. The zero-order valence-electron chi connectivity index (χ0n) is 17.6. The molecule has 1 aliphatic carbocycles. The van der Waals surface area contributed by atoms with Crippen LogP contribution in [0, 0.1) is 6.92 Å². The van der Waals surface area contributed by atoms with Gasteiger partial charge in [-0.05, 0) is 43.5 Å². The molecule has 1 aliphatic heterocycles. The molecule has 3 aromatic rings. The number of hydrogen-bond acceptors (Lipinski definition) is 8. The smallest absolute Gasteiger partial charge is 0.254 e. The molecular formula is C21H21N7O4S. The molecule has 0 bridgehead atoms. The fourth-order valence-electron chi connectivity index (χ4n) is 3.63. The molecule has 5 N–H and O–H groups in total. The highest BCUT2D eigenvalue weighted by atomic mass is 32.2. The van der Waals surface area contributed by atoms with Gasteiger partial charge in [0, 0.05) is 28.9 Å². The SMILES string of the molecule is Cc1ccc(Nc2cc(NC3CC3)n3ncc(/C=C4\CC(=O)NC4=O)c3n2)cc1S(N)(=O)=O. The van der Waals surface area contributed by atoms with E-state index in [0.717, 1.165) is 12.8 Å². The van der Waals surface area contributed by atoms with E-state index in [9.17, 15) is 18.0 Å². The monoisotopic (exact) mass is 467 g/mol. The van der Waals surface area contributed by atoms with E-state index in [1.807, 2.05) is 0 Å². The van der Waals surface area contributed by atoms with Gasteiger partial charge in [0.2, 0.25) is 15.9 Å². The van der Waals surface area contributed by atoms with Crippen LogP contribution < -0.4 is 21.1 Å². The van der Waals surface area contributed by atoms with Crippen LogP contribution >= 0.6 is 0 Å². The van der Waals surface area contributed by atoms with Crippen molar-refractivity contribution in [3.05, 3.63) is 47.2 Å². The van der Waals surface area contributed by atoms with Crippen LogP contribution in [-0.4, -0.2) is 40.9 Å². The van der Waals surface area contributed by atoms with Gasteiger partial charge in [0.15, 0.2) is 5.65 Å². The molecule has 2 aliphatic rings. The number of primary sulfonamides is 1. The molecule has 0 atom stereocenters. The minimum absolute atomic E-state index is 0.000993. The topological polar surface area (TPSA) is 161 Å². The summed E-state index contributed by atoms with van der Waals surface area (Å²) in [5.41, 5.74) is 2.42. The number of rotatable bonds is 6. The molecule has 0 radical (unpaired) electrons. The first-order chi connectivity index (χ1) is 15.7. The first-order valence-electron chi connectivity index (χ1n) is 10.3. The average molecular weight is 468 g/mol. The Labute approximate surface area is 189 Å². The van der Waals surface area contributed by atoms with Crippen LogP contribution in [0.2, 0.25) is 0 Å². The molecule has 5 rings (SSSR count). The second-order valence-electron chi connectivity index (χ2n) is 8.15. The van der Waals surface area contributed by atoms with E-state index in [-0.39, 0.29) is 17.2 Å². The highest BCUT2D eigenvalue weighted by Crippen LogP contribution is 2.29. The molecule has 0 unspecified atom stereocenters. The minimum atomic E-state index is -3.88. The Kier molecular flexibility index (Phi) is 4.91. The number of carbonyl (C=O) groups excluding carboxylic acids is 2. The molecule has 1 aromatic carbocycles. The number of fused-ring (bicyclic) bond motifs is 1. The lowest BCUT2D eigenvalue weighted by atomic mass is 10.1. The van der Waals surface area contributed by atoms with Crippen molar-refractivity contribution < 1.29 is 18.0 Å². The fraction of sp³-hybridized carbons (Fsp3) is 0.238. The number of nitrogens with one attached hydrogen (secondary N) is 3. The van der Waals surface area contributed by atoms with Gasteiger partial charge in [-0.15, -0.1) is 0 Å². The number of hydrogen-bond donors (Lipinski definition) is 4. The first kappa shape index (κ1) is 21.1. The number of nitrogens with zero attached hydrogens (tertiary/aromatic N) is 3. The molecule has 33 heavy (non-hydrogen) atoms. The molecule has 11 nitrogen and oxygen atoms in total. The van der Waals surface area contributed by atoms with Crippen molar-refractivity contribution in [1.82, 2.24) is 19.9 Å². The number of amides is 2. The van der Waals surface area contributed by atoms with Gasteiger partial charge in [-0.25, -0.2) is 18.5 Å². The van der Waals surface area contributed by atoms with Crippen molar-refractivity contribution in [3.63, 3.8) is 0 Å². The number of aromatic nitrogens is 3. The zero-order valence-corrected chi connectivity index (χ0v) is 18.4. The van der Waals surface area contributed by atoms with Crippen molar-refractivity contribution in [2.24, 2.45) is 5.14 Å². The Morgan fingerprint density at radius 1 is 1.24 bits per heavy atom. The van der Waals surface area contributed by atoms with E-state index in [0.29, 0.717) is 45.7 Å². The summed E-state index contributed by atoms with van der Waals surface area (Å²) in [5, 5.41) is 18.5. The lowest BCUT2D eigenvalue weighted by Crippen LogP contribution is -2.19. The Hall–Kier alpha value is -3.77. The highest BCUT2D eigenvalue weighted by Gasteiger charge is 2.26. The van der Waals surface area contributed by atoms with E-state index < -0.39 is 15.9 Å². The molecule has 1 saturated carbocycles. The summed E-state index contributed by atoms with van der Waals surface area (Å²) in [6, 6.07) is 6.96. The summed E-state index contributed by atoms with van der Waals surface area (Å²) in [5.74, 6) is 0.363. The quantitative estimate of drug-likeness (QED) is 0.313. The molecular weight excluding hydrogens is 446 g/mol. The predicted molar refractivity (Wildman–Crippen MR) is 121 cm³/mol. The van der Waals surface area contributed by atoms with Gasteiger partial charge in [-0.1, -0.05) is 6.07 Å². The molecule has 12 heteroatoms. The number of anilines is 3. The maximum Gasteiger partial charge on any atom is 0.254 e. The lowest BCUT2D eigenvalue weighted by molar-refractivity contribution is -0.124. The summed E-state index contributed by atoms with van der Waals surface area (Å²) in [6.45, 7) is 1.67. The van der Waals surface area contributed by atoms with Gasteiger partial charge in [0.1, 0.15) is 11.6 Å². The Bertz CT molecular complexity index is 1450. The summed E-state index contributed by atoms with van der Waals surface area (Å²) in [6.07, 6.45) is 5.27. The number of nitrogens with two attached hydrogens (primary N) is 1. The van der Waals surface area contributed by atoms with Gasteiger partial charge in [-0.2, -0.15) is 9.61 Å². The second kappa shape index (κ2) is 7.67. The molecule has 2 aromatic heterocycles. The van der Waals surface area contributed by atoms with Crippen molar-refractivity contribution in [3.8, 4) is 0 Å². The average Bonchev–Trinajstić information content (AvgIpc) is 3.37. The number of aryl methyl sites for hydroxylation is 1. The van der Waals surface area contributed by atoms with E-state index >= 15 is 0 Å². The van der Waals surface area contributed by atoms with Crippen LogP contribution in [0.4, 0.5) is 17.3 Å². The van der Waals surface area contributed by atoms with Gasteiger partial charge < -0.3 is 10.6 Å². The number of benzene rings is 1. The Morgan fingerprint density at radius 2 is 2.03 bits per heavy atom. The fourth-order valence-corrected chi connectivity index (χ4v) is 4.43. The third-order valence-corrected chi connectivity index (χ3v) is 6.47. The Morgan fingerprint density at radius 3 is 2.70 bits per heavy atom. The molecule has 2 amide bonds. The molecule has 3 heterocycles. The zero-order chi connectivity index (χ0) is 23.3. The normalized spacial score (nSPS) is 17.6. The summed E-state index contributed by atoms with van der Waals surface area (Å²) < 4.78 is 25.4. The second-order valence-corrected chi connectivity index (χ2v) is 9.68. The van der Waals surface area contributed by atoms with Gasteiger partial charge in [0.05, 0.1) is 17.5 Å². The van der Waals surface area contributed by atoms with E-state index in [1.54, 1.807) is 41.9 Å². The molecule has 0 spiro atoms. The Balaban J connectivity index is 1.57. The van der Waals surface area contributed by atoms with E-state index in [4.69, 9.17) is 5.14 Å². The summed E-state index contributed by atoms with van der Waals surface area (Å²) in [4.78, 5) is 28.2. The molecule has 2 fully saturated rings. The predicted octanol–water partition coefficient (Wildman–Crippen LogP) is 1.43. The molecule has 170 valence electrons. The highest BCUT2D eigenvalue weighted by molar-refractivity contribution is 7.89. The van der Waals surface area contributed by atoms with Crippen LogP contribution in [0.25, 0.3) is 11.7 Å². The van der Waals surface area contributed by atoms with Crippen LogP contribution in [0.15, 0.2) is 40.9 Å². The molecule has 1 saturated heterocycles. The largest absolute Gasteiger partial charge is 0.367 e. The minimum Gasteiger partial charge on any atom is -0.367 e. The maximum atomic E-state index is 12.0. The van der Waals surface area contributed by atoms with Crippen LogP contribution in [-0.2, 0) is 19.6 Å². The third kappa shape index (κ3) is 4.30. The lowest BCUT2D eigenvalue weighted by Gasteiger charge is -2.13. The first-order valence-corrected chi connectivity index (χ1v) is 11.8. The van der Waals surface area contributed by atoms with Gasteiger partial charge in [-0.3, -0.25) is 14.9 Å².